The van der Waals surface area contributed by atoms with Gasteiger partial charge in [-0.25, -0.2) is 14.4 Å². The molecule has 13 heteroatoms. The van der Waals surface area contributed by atoms with Gasteiger partial charge in [-0.3, -0.25) is 9.69 Å². The molecule has 1 fully saturated rings. The highest BCUT2D eigenvalue weighted by atomic mass is 19.4. The number of nitrogens with zero attached hydrogens (tertiary/aromatic N) is 4. The van der Waals surface area contributed by atoms with Gasteiger partial charge in [0, 0.05) is 37.7 Å². The van der Waals surface area contributed by atoms with Crippen molar-refractivity contribution in [1.82, 2.24) is 14.9 Å². The van der Waals surface area contributed by atoms with E-state index in [2.05, 4.69) is 15.3 Å². The van der Waals surface area contributed by atoms with Crippen LogP contribution < -0.4 is 16.0 Å². The standard InChI is InChI=1S/C22H27F5N6O2/c1-2-33(9-14-3-4-15(7-16(14)23)22(25,26)27)21-19(24)20(30-12-31-21)29-8-13-5-6-32(10-17(13)34)11-18(28)35/h3-4,7,12-13,17,34H,2,5-6,8-11H2,1H3,(H2,28,35)(H,29,30,31). The zero-order valence-electron chi connectivity index (χ0n) is 19.0. The van der Waals surface area contributed by atoms with Crippen LogP contribution in [0.25, 0.3) is 0 Å². The molecule has 0 spiro atoms. The third kappa shape index (κ3) is 6.75. The summed E-state index contributed by atoms with van der Waals surface area (Å²) < 4.78 is 67.9. The lowest BCUT2D eigenvalue weighted by Gasteiger charge is -2.35. The molecule has 1 aromatic heterocycles. The number of likely N-dealkylation sites (tertiary alicyclic amines) is 1. The number of β-amino-alcohol motifs (C(OH)–C–C–N with tert-alkyl or cyclic N) is 1. The molecule has 2 atom stereocenters. The van der Waals surface area contributed by atoms with Gasteiger partial charge >= 0.3 is 6.18 Å². The number of hydrogen-bond donors (Lipinski definition) is 3. The molecule has 8 nitrogen and oxygen atoms in total. The first kappa shape index (κ1) is 26.5. The van der Waals surface area contributed by atoms with Gasteiger partial charge in [0.2, 0.25) is 11.7 Å². The van der Waals surface area contributed by atoms with Gasteiger partial charge in [0.25, 0.3) is 0 Å². The van der Waals surface area contributed by atoms with Crippen molar-refractivity contribution >= 4 is 17.5 Å². The van der Waals surface area contributed by atoms with Gasteiger partial charge < -0.3 is 21.1 Å². The summed E-state index contributed by atoms with van der Waals surface area (Å²) in [6.07, 6.45) is -3.75. The number of carbonyl (C=O) groups is 1. The Morgan fingerprint density at radius 3 is 2.66 bits per heavy atom. The topological polar surface area (TPSA) is 108 Å². The Bertz CT molecular complexity index is 1040. The normalized spacial score (nSPS) is 18.9. The summed E-state index contributed by atoms with van der Waals surface area (Å²) in [4.78, 5) is 22.0. The molecule has 192 valence electrons. The van der Waals surface area contributed by atoms with E-state index in [1.165, 1.54) is 4.90 Å². The third-order valence-electron chi connectivity index (χ3n) is 5.91. The van der Waals surface area contributed by atoms with E-state index < -0.39 is 35.4 Å². The SMILES string of the molecule is CCN(Cc1ccc(C(F)(F)F)cc1F)c1ncnc(NCC2CCN(CC(N)=O)CC2O)c1F. The van der Waals surface area contributed by atoms with Gasteiger partial charge in [-0.1, -0.05) is 6.07 Å². The van der Waals surface area contributed by atoms with Crippen LogP contribution in [0.2, 0.25) is 0 Å². The maximum Gasteiger partial charge on any atom is 0.416 e. The lowest BCUT2D eigenvalue weighted by atomic mass is 9.93. The first-order valence-corrected chi connectivity index (χ1v) is 11.0. The fourth-order valence-electron chi connectivity index (χ4n) is 3.97. The Hall–Kier alpha value is -3.06. The summed E-state index contributed by atoms with van der Waals surface area (Å²) in [6.45, 7) is 2.73. The molecule has 0 aliphatic carbocycles. The smallest absolute Gasteiger partial charge is 0.391 e. The number of aromatic nitrogens is 2. The average Bonchev–Trinajstić information content (AvgIpc) is 2.78. The van der Waals surface area contributed by atoms with Crippen LogP contribution in [-0.2, 0) is 17.5 Å². The van der Waals surface area contributed by atoms with E-state index in [0.29, 0.717) is 19.0 Å². The molecule has 1 amide bonds. The number of amides is 1. The number of aliphatic hydroxyl groups is 1. The Morgan fingerprint density at radius 2 is 2.06 bits per heavy atom. The largest absolute Gasteiger partial charge is 0.416 e. The van der Waals surface area contributed by atoms with Gasteiger partial charge in [-0.2, -0.15) is 17.6 Å². The number of benzene rings is 1. The van der Waals surface area contributed by atoms with Crippen LogP contribution in [0.1, 0.15) is 24.5 Å². The summed E-state index contributed by atoms with van der Waals surface area (Å²) in [5.74, 6) is -2.82. The number of rotatable bonds is 9. The van der Waals surface area contributed by atoms with Crippen LogP contribution in [0, 0.1) is 17.6 Å². The molecule has 0 radical (unpaired) electrons. The molecule has 0 saturated carbocycles. The molecule has 2 aromatic rings. The Labute approximate surface area is 198 Å². The van der Waals surface area contributed by atoms with Crippen molar-refractivity contribution in [3.05, 3.63) is 47.3 Å². The molecule has 1 aliphatic heterocycles. The highest BCUT2D eigenvalue weighted by molar-refractivity contribution is 5.75. The summed E-state index contributed by atoms with van der Waals surface area (Å²) in [6, 6.07) is 2.20. The highest BCUT2D eigenvalue weighted by Crippen LogP contribution is 2.31. The molecule has 0 bridgehead atoms. The fourth-order valence-corrected chi connectivity index (χ4v) is 3.97. The first-order valence-electron chi connectivity index (χ1n) is 11.0. The quantitative estimate of drug-likeness (QED) is 0.452. The van der Waals surface area contributed by atoms with Crippen LogP contribution in [0.3, 0.4) is 0 Å². The molecule has 1 aromatic carbocycles. The highest BCUT2D eigenvalue weighted by Gasteiger charge is 2.32. The number of carbonyl (C=O) groups excluding carboxylic acids is 1. The Balaban J connectivity index is 1.68. The summed E-state index contributed by atoms with van der Waals surface area (Å²) in [5, 5.41) is 13.2. The van der Waals surface area contributed by atoms with Crippen molar-refractivity contribution in [2.24, 2.45) is 11.7 Å². The minimum atomic E-state index is -4.67. The van der Waals surface area contributed by atoms with E-state index in [-0.39, 0.29) is 55.8 Å². The molecule has 2 unspecified atom stereocenters. The van der Waals surface area contributed by atoms with Crippen molar-refractivity contribution in [2.75, 3.05) is 42.9 Å². The molecule has 1 aliphatic rings. The Morgan fingerprint density at radius 1 is 1.31 bits per heavy atom. The second-order valence-corrected chi connectivity index (χ2v) is 8.38. The maximum atomic E-state index is 15.2. The number of halogens is 5. The molecule has 35 heavy (non-hydrogen) atoms. The number of primary amides is 1. The fraction of sp³-hybridized carbons (Fsp3) is 0.500. The number of piperidine rings is 1. The number of hydrogen-bond acceptors (Lipinski definition) is 7. The zero-order chi connectivity index (χ0) is 25.8. The average molecular weight is 502 g/mol. The van der Waals surface area contributed by atoms with Gasteiger partial charge in [0.05, 0.1) is 18.2 Å². The van der Waals surface area contributed by atoms with Crippen molar-refractivity contribution in [1.29, 1.82) is 0 Å². The molecule has 3 rings (SSSR count). The monoisotopic (exact) mass is 502 g/mol. The molecule has 1 saturated heterocycles. The van der Waals surface area contributed by atoms with Crippen molar-refractivity contribution in [3.63, 3.8) is 0 Å². The minimum Gasteiger partial charge on any atom is -0.391 e. The van der Waals surface area contributed by atoms with Gasteiger partial charge in [0.15, 0.2) is 11.6 Å². The second-order valence-electron chi connectivity index (χ2n) is 8.38. The molecular weight excluding hydrogens is 475 g/mol. The van der Waals surface area contributed by atoms with Crippen molar-refractivity contribution in [3.8, 4) is 0 Å². The number of aliphatic hydroxyl groups excluding tert-OH is 1. The van der Waals surface area contributed by atoms with E-state index in [9.17, 15) is 27.5 Å². The van der Waals surface area contributed by atoms with E-state index in [1.807, 2.05) is 0 Å². The van der Waals surface area contributed by atoms with Crippen LogP contribution in [0.15, 0.2) is 24.5 Å². The molecular formula is C22H27F5N6O2. The number of alkyl halides is 3. The summed E-state index contributed by atoms with van der Waals surface area (Å²) in [5.41, 5.74) is 4.03. The van der Waals surface area contributed by atoms with Crippen molar-refractivity contribution in [2.45, 2.75) is 32.2 Å². The maximum absolute atomic E-state index is 15.2. The molecule has 2 heterocycles. The Kier molecular flexibility index (Phi) is 8.43. The van der Waals surface area contributed by atoms with Crippen LogP contribution in [0.5, 0.6) is 0 Å². The van der Waals surface area contributed by atoms with Crippen molar-refractivity contribution < 1.29 is 31.9 Å². The lowest BCUT2D eigenvalue weighted by molar-refractivity contribution is -0.137. The first-order chi connectivity index (χ1) is 16.5. The second kappa shape index (κ2) is 11.1. The van der Waals surface area contributed by atoms with Gasteiger partial charge in [-0.05, 0) is 32.0 Å². The lowest BCUT2D eigenvalue weighted by Crippen LogP contribution is -2.48. The van der Waals surface area contributed by atoms with E-state index in [0.717, 1.165) is 18.5 Å². The van der Waals surface area contributed by atoms with E-state index in [4.69, 9.17) is 5.73 Å². The van der Waals surface area contributed by atoms with Gasteiger partial charge in [-0.15, -0.1) is 0 Å². The third-order valence-corrected chi connectivity index (χ3v) is 5.91. The number of anilines is 2. The van der Waals surface area contributed by atoms with Crippen LogP contribution in [-0.4, -0.2) is 64.7 Å². The predicted octanol–water partition coefficient (Wildman–Crippen LogP) is 2.38. The number of nitrogens with one attached hydrogen (secondary N) is 1. The van der Waals surface area contributed by atoms with Crippen LogP contribution in [0.4, 0.5) is 33.6 Å². The van der Waals surface area contributed by atoms with E-state index in [1.54, 1.807) is 11.8 Å². The summed E-state index contributed by atoms with van der Waals surface area (Å²) in [7, 11) is 0. The number of nitrogens with two attached hydrogens (primary N) is 1. The minimum absolute atomic E-state index is 0.0433. The zero-order valence-corrected chi connectivity index (χ0v) is 19.0. The van der Waals surface area contributed by atoms with Crippen LogP contribution >= 0.6 is 0 Å². The molecule has 4 N–H and O–H groups in total. The van der Waals surface area contributed by atoms with E-state index >= 15 is 4.39 Å². The van der Waals surface area contributed by atoms with Gasteiger partial charge in [0.1, 0.15) is 12.1 Å². The predicted molar refractivity (Wildman–Crippen MR) is 118 cm³/mol. The summed E-state index contributed by atoms with van der Waals surface area (Å²) >= 11 is 0.